The molecule has 0 spiro atoms. The Morgan fingerprint density at radius 1 is 1.71 bits per heavy atom. The van der Waals surface area contributed by atoms with Crippen molar-refractivity contribution in [2.75, 3.05) is 25.3 Å². The van der Waals surface area contributed by atoms with Gasteiger partial charge in [-0.3, -0.25) is 4.90 Å². The summed E-state index contributed by atoms with van der Waals surface area (Å²) in [6.45, 7) is 2.77. The van der Waals surface area contributed by atoms with Crippen LogP contribution >= 0.6 is 15.9 Å². The molecule has 0 bridgehead atoms. The summed E-state index contributed by atoms with van der Waals surface area (Å²) in [5.41, 5.74) is 0.938. The van der Waals surface area contributed by atoms with Gasteiger partial charge in [0.1, 0.15) is 0 Å². The lowest BCUT2D eigenvalue weighted by Gasteiger charge is -2.04. The van der Waals surface area contributed by atoms with Crippen molar-refractivity contribution >= 4 is 15.9 Å². The monoisotopic (exact) mass is 165 g/mol. The number of hydrogen-bond donors (Lipinski definition) is 0. The molecule has 1 rings (SSSR count). The molecule has 0 N–H and O–H groups in total. The minimum absolute atomic E-state index is 0.797. The van der Waals surface area contributed by atoms with Gasteiger partial charge in [0.2, 0.25) is 0 Å². The lowest BCUT2D eigenvalue weighted by atomic mass is 10.7. The van der Waals surface area contributed by atoms with Gasteiger partial charge in [-0.05, 0) is 0 Å². The fourth-order valence-corrected chi connectivity index (χ4v) is 0.942. The van der Waals surface area contributed by atoms with E-state index in [4.69, 9.17) is 4.74 Å². The minimum Gasteiger partial charge on any atom is -0.365 e. The summed E-state index contributed by atoms with van der Waals surface area (Å²) < 4.78 is 5.04. The third-order valence-electron chi connectivity index (χ3n) is 0.995. The highest BCUT2D eigenvalue weighted by Gasteiger charge is 2.07. The van der Waals surface area contributed by atoms with Crippen LogP contribution in [0.15, 0.2) is 0 Å². The summed E-state index contributed by atoms with van der Waals surface area (Å²) in [4.78, 5) is 2.18. The summed E-state index contributed by atoms with van der Waals surface area (Å²) in [7, 11) is 0. The molecule has 0 aliphatic carbocycles. The van der Waals surface area contributed by atoms with E-state index in [0.717, 1.165) is 25.3 Å². The van der Waals surface area contributed by atoms with Crippen molar-refractivity contribution in [2.45, 2.75) is 0 Å². The largest absolute Gasteiger partial charge is 0.365 e. The maximum absolute atomic E-state index is 5.04. The molecule has 0 amide bonds. The molecule has 0 aromatic rings. The van der Waals surface area contributed by atoms with E-state index in [2.05, 4.69) is 20.8 Å². The molecule has 42 valence electrons. The Morgan fingerprint density at radius 2 is 2.57 bits per heavy atom. The maximum Gasteiger partial charge on any atom is 0.0998 e. The van der Waals surface area contributed by atoms with E-state index in [0.29, 0.717) is 0 Å². The van der Waals surface area contributed by atoms with E-state index in [1.807, 2.05) is 0 Å². The van der Waals surface area contributed by atoms with Crippen LogP contribution in [0.5, 0.6) is 0 Å². The van der Waals surface area contributed by atoms with Crippen LogP contribution in [0.2, 0.25) is 0 Å². The zero-order chi connectivity index (χ0) is 5.11. The number of ether oxygens (including phenoxy) is 1. The highest BCUT2D eigenvalue weighted by molar-refractivity contribution is 9.09. The Kier molecular flexibility index (Phi) is 2.09. The Morgan fingerprint density at radius 3 is 2.86 bits per heavy atom. The molecule has 0 saturated carbocycles. The number of nitrogens with zero attached hydrogens (tertiary/aromatic N) is 1. The molecule has 2 nitrogen and oxygen atoms in total. The molecule has 0 aromatic carbocycles. The number of hydrogen-bond acceptors (Lipinski definition) is 2. The molecule has 1 fully saturated rings. The first-order valence-corrected chi connectivity index (χ1v) is 3.41. The number of alkyl halides is 1. The van der Waals surface area contributed by atoms with Crippen molar-refractivity contribution in [1.29, 1.82) is 0 Å². The summed E-state index contributed by atoms with van der Waals surface area (Å²) in [5, 5.41) is 0. The van der Waals surface area contributed by atoms with Crippen LogP contribution < -0.4 is 0 Å². The van der Waals surface area contributed by atoms with E-state index < -0.39 is 0 Å². The molecular weight excluding hydrogens is 158 g/mol. The van der Waals surface area contributed by atoms with Crippen LogP contribution in [0, 0.1) is 0 Å². The number of halogens is 1. The first-order chi connectivity index (χ1) is 3.43. The molecule has 3 heteroatoms. The molecule has 0 unspecified atom stereocenters. The molecule has 7 heavy (non-hydrogen) atoms. The van der Waals surface area contributed by atoms with Gasteiger partial charge in [-0.25, -0.2) is 0 Å². The summed E-state index contributed by atoms with van der Waals surface area (Å²) in [6, 6.07) is 0. The van der Waals surface area contributed by atoms with Gasteiger partial charge in [-0.15, -0.1) is 0 Å². The molecule has 1 saturated heterocycles. The quantitative estimate of drug-likeness (QED) is 0.418. The van der Waals surface area contributed by atoms with E-state index in [-0.39, 0.29) is 0 Å². The lowest BCUT2D eigenvalue weighted by molar-refractivity contribution is 0.152. The van der Waals surface area contributed by atoms with Gasteiger partial charge in [0, 0.05) is 6.54 Å². The fraction of sp³-hybridized carbons (Fsp3) is 1.00. The second-order valence-corrected chi connectivity index (χ2v) is 2.05. The van der Waals surface area contributed by atoms with Gasteiger partial charge in [-0.2, -0.15) is 0 Å². The van der Waals surface area contributed by atoms with Crippen molar-refractivity contribution in [3.05, 3.63) is 0 Å². The zero-order valence-corrected chi connectivity index (χ0v) is 5.65. The van der Waals surface area contributed by atoms with Crippen molar-refractivity contribution in [1.82, 2.24) is 4.90 Å². The molecular formula is C4H8BrNO. The molecule has 0 aromatic heterocycles. The average molecular weight is 166 g/mol. The summed E-state index contributed by atoms with van der Waals surface area (Å²) in [5.74, 6) is 0. The zero-order valence-electron chi connectivity index (χ0n) is 4.06. The highest BCUT2D eigenvalue weighted by Crippen LogP contribution is 1.99. The third-order valence-corrected chi connectivity index (χ3v) is 1.70. The van der Waals surface area contributed by atoms with Crippen LogP contribution in [0.1, 0.15) is 0 Å². The Labute approximate surface area is 51.6 Å². The summed E-state index contributed by atoms with van der Waals surface area (Å²) in [6.07, 6.45) is 0. The van der Waals surface area contributed by atoms with Gasteiger partial charge in [0.15, 0.2) is 0 Å². The van der Waals surface area contributed by atoms with Gasteiger partial charge >= 0.3 is 0 Å². The predicted molar refractivity (Wildman–Crippen MR) is 31.3 cm³/mol. The Balaban J connectivity index is 2.14. The van der Waals surface area contributed by atoms with E-state index in [9.17, 15) is 0 Å². The molecule has 0 atom stereocenters. The van der Waals surface area contributed by atoms with Crippen molar-refractivity contribution < 1.29 is 4.74 Å². The van der Waals surface area contributed by atoms with Crippen LogP contribution in [0.3, 0.4) is 0 Å². The number of rotatable bonds is 1. The van der Waals surface area contributed by atoms with Crippen LogP contribution in [-0.2, 0) is 4.74 Å². The fourth-order valence-electron chi connectivity index (χ4n) is 0.546. The van der Waals surface area contributed by atoms with Crippen LogP contribution in [-0.4, -0.2) is 30.2 Å². The topological polar surface area (TPSA) is 12.5 Å². The van der Waals surface area contributed by atoms with E-state index in [1.165, 1.54) is 0 Å². The second-order valence-electron chi connectivity index (χ2n) is 1.55. The van der Waals surface area contributed by atoms with Gasteiger partial charge < -0.3 is 4.74 Å². The Bertz CT molecular complexity index is 53.7. The van der Waals surface area contributed by atoms with E-state index >= 15 is 0 Å². The second kappa shape index (κ2) is 2.64. The standard InChI is InChI=1S/C4H8BrNO/c5-3-6-1-2-7-4-6/h1-4H2. The van der Waals surface area contributed by atoms with Gasteiger partial charge in [0.05, 0.1) is 18.8 Å². The molecule has 1 aliphatic heterocycles. The molecule has 0 radical (unpaired) electrons. The maximum atomic E-state index is 5.04. The Hall–Kier alpha value is 0.400. The van der Waals surface area contributed by atoms with Crippen molar-refractivity contribution in [3.8, 4) is 0 Å². The van der Waals surface area contributed by atoms with Crippen molar-refractivity contribution in [3.63, 3.8) is 0 Å². The normalized spacial score (nSPS) is 23.6. The highest BCUT2D eigenvalue weighted by atomic mass is 79.9. The van der Waals surface area contributed by atoms with Gasteiger partial charge in [-0.1, -0.05) is 15.9 Å². The smallest absolute Gasteiger partial charge is 0.0998 e. The first kappa shape index (κ1) is 5.54. The van der Waals surface area contributed by atoms with E-state index in [1.54, 1.807) is 0 Å². The van der Waals surface area contributed by atoms with Crippen LogP contribution in [0.4, 0.5) is 0 Å². The molecule has 1 aliphatic rings. The van der Waals surface area contributed by atoms with Gasteiger partial charge in [0.25, 0.3) is 0 Å². The summed E-state index contributed by atoms with van der Waals surface area (Å²) >= 11 is 3.32. The SMILES string of the molecule is BrCN1CCOC1. The lowest BCUT2D eigenvalue weighted by Crippen LogP contribution is -2.16. The van der Waals surface area contributed by atoms with Crippen molar-refractivity contribution in [2.24, 2.45) is 0 Å². The average Bonchev–Trinajstić information content (AvgIpc) is 2.14. The predicted octanol–water partition coefficient (Wildman–Crippen LogP) is 0.629. The first-order valence-electron chi connectivity index (χ1n) is 2.29. The molecule has 1 heterocycles. The third kappa shape index (κ3) is 1.40. The van der Waals surface area contributed by atoms with Crippen LogP contribution in [0.25, 0.3) is 0 Å². The minimum atomic E-state index is 0.797.